The minimum Gasteiger partial charge on any atom is -0.481 e. The van der Waals surface area contributed by atoms with Crippen molar-refractivity contribution < 1.29 is 18.7 Å². The average molecular weight is 252 g/mol. The molecule has 1 heterocycles. The molecule has 0 unspecified atom stereocenters. The molecule has 96 valence electrons. The third kappa shape index (κ3) is 2.84. The van der Waals surface area contributed by atoms with E-state index < -0.39 is 5.82 Å². The molecule has 0 aliphatic carbocycles. The van der Waals surface area contributed by atoms with E-state index >= 15 is 0 Å². The highest BCUT2D eigenvalue weighted by Gasteiger charge is 2.08. The Kier molecular flexibility index (Phi) is 3.88. The monoisotopic (exact) mass is 252 g/mol. The zero-order valence-electron chi connectivity index (χ0n) is 9.89. The predicted octanol–water partition coefficient (Wildman–Crippen LogP) is 1.84. The molecule has 0 fully saturated rings. The molecular weight excluding hydrogens is 239 g/mol. The molecule has 0 bridgehead atoms. The molecule has 0 aliphatic rings. The van der Waals surface area contributed by atoms with Crippen LogP contribution in [0.4, 0.5) is 4.39 Å². The number of halogens is 1. The van der Waals surface area contributed by atoms with E-state index in [1.54, 1.807) is 6.07 Å². The van der Waals surface area contributed by atoms with Gasteiger partial charge in [0.15, 0.2) is 18.2 Å². The standard InChI is InChI=1S/C12H13FN2O3/c1-2-11-14-15-12(18-11)7-17-10-4-3-8(6-16)5-9(10)13/h3-5,16H,2,6-7H2,1H3. The van der Waals surface area contributed by atoms with Crippen LogP contribution in [-0.2, 0) is 19.6 Å². The fourth-order valence-electron chi connectivity index (χ4n) is 1.39. The van der Waals surface area contributed by atoms with Crippen LogP contribution in [0.1, 0.15) is 24.3 Å². The van der Waals surface area contributed by atoms with Crippen LogP contribution in [0.3, 0.4) is 0 Å². The highest BCUT2D eigenvalue weighted by Crippen LogP contribution is 2.19. The van der Waals surface area contributed by atoms with Gasteiger partial charge in [0, 0.05) is 6.42 Å². The molecule has 1 aromatic heterocycles. The van der Waals surface area contributed by atoms with E-state index in [2.05, 4.69) is 10.2 Å². The Hall–Kier alpha value is -1.95. The summed E-state index contributed by atoms with van der Waals surface area (Å²) in [5, 5.41) is 16.4. The second-order valence-electron chi connectivity index (χ2n) is 3.65. The lowest BCUT2D eigenvalue weighted by Crippen LogP contribution is -1.98. The van der Waals surface area contributed by atoms with Crippen LogP contribution in [0, 0.1) is 5.82 Å². The minimum absolute atomic E-state index is 0.0163. The molecule has 2 rings (SSSR count). The Labute approximate surface area is 103 Å². The second kappa shape index (κ2) is 5.59. The van der Waals surface area contributed by atoms with Gasteiger partial charge in [-0.3, -0.25) is 0 Å². The summed E-state index contributed by atoms with van der Waals surface area (Å²) in [4.78, 5) is 0. The van der Waals surface area contributed by atoms with Crippen molar-refractivity contribution in [1.82, 2.24) is 10.2 Å². The maximum atomic E-state index is 13.5. The van der Waals surface area contributed by atoms with Gasteiger partial charge in [-0.05, 0) is 17.7 Å². The molecule has 0 saturated heterocycles. The first-order valence-electron chi connectivity index (χ1n) is 5.56. The van der Waals surface area contributed by atoms with E-state index in [1.807, 2.05) is 6.92 Å². The average Bonchev–Trinajstić information content (AvgIpc) is 2.85. The van der Waals surface area contributed by atoms with Crippen molar-refractivity contribution in [2.45, 2.75) is 26.6 Å². The van der Waals surface area contributed by atoms with Crippen LogP contribution in [0.15, 0.2) is 22.6 Å². The van der Waals surface area contributed by atoms with Crippen molar-refractivity contribution in [3.8, 4) is 5.75 Å². The number of aliphatic hydroxyl groups excluding tert-OH is 1. The highest BCUT2D eigenvalue weighted by molar-refractivity contribution is 5.28. The fraction of sp³-hybridized carbons (Fsp3) is 0.333. The lowest BCUT2D eigenvalue weighted by Gasteiger charge is -2.05. The lowest BCUT2D eigenvalue weighted by atomic mass is 10.2. The van der Waals surface area contributed by atoms with Crippen LogP contribution in [0.2, 0.25) is 0 Å². The maximum absolute atomic E-state index is 13.5. The van der Waals surface area contributed by atoms with Crippen molar-refractivity contribution in [3.63, 3.8) is 0 Å². The smallest absolute Gasteiger partial charge is 0.253 e. The second-order valence-corrected chi connectivity index (χ2v) is 3.65. The molecule has 0 saturated carbocycles. The molecule has 0 radical (unpaired) electrons. The van der Waals surface area contributed by atoms with Crippen molar-refractivity contribution in [1.29, 1.82) is 0 Å². The molecule has 6 heteroatoms. The quantitative estimate of drug-likeness (QED) is 0.879. The van der Waals surface area contributed by atoms with Crippen LogP contribution in [0.5, 0.6) is 5.75 Å². The predicted molar refractivity (Wildman–Crippen MR) is 60.3 cm³/mol. The van der Waals surface area contributed by atoms with E-state index in [-0.39, 0.29) is 19.0 Å². The van der Waals surface area contributed by atoms with Gasteiger partial charge in [0.05, 0.1) is 6.61 Å². The van der Waals surface area contributed by atoms with Gasteiger partial charge < -0.3 is 14.3 Å². The van der Waals surface area contributed by atoms with Gasteiger partial charge in [0.2, 0.25) is 5.89 Å². The third-order valence-corrected chi connectivity index (χ3v) is 2.34. The molecule has 1 aromatic carbocycles. The topological polar surface area (TPSA) is 68.4 Å². The summed E-state index contributed by atoms with van der Waals surface area (Å²) in [5.74, 6) is 0.377. The first kappa shape index (κ1) is 12.5. The van der Waals surface area contributed by atoms with Gasteiger partial charge in [-0.15, -0.1) is 10.2 Å². The maximum Gasteiger partial charge on any atom is 0.253 e. The Morgan fingerprint density at radius 3 is 2.72 bits per heavy atom. The van der Waals surface area contributed by atoms with Crippen LogP contribution >= 0.6 is 0 Å². The summed E-state index contributed by atoms with van der Waals surface area (Å²) in [6.07, 6.45) is 0.645. The first-order chi connectivity index (χ1) is 8.72. The number of ether oxygens (including phenoxy) is 1. The molecule has 0 aliphatic heterocycles. The fourth-order valence-corrected chi connectivity index (χ4v) is 1.39. The van der Waals surface area contributed by atoms with Crippen LogP contribution < -0.4 is 4.74 Å². The van der Waals surface area contributed by atoms with E-state index in [0.717, 1.165) is 0 Å². The van der Waals surface area contributed by atoms with Crippen LogP contribution in [0.25, 0.3) is 0 Å². The molecule has 0 amide bonds. The van der Waals surface area contributed by atoms with Gasteiger partial charge >= 0.3 is 0 Å². The number of aryl methyl sites for hydroxylation is 1. The number of aliphatic hydroxyl groups is 1. The largest absolute Gasteiger partial charge is 0.481 e. The molecular formula is C12H13FN2O3. The Morgan fingerprint density at radius 2 is 2.11 bits per heavy atom. The van der Waals surface area contributed by atoms with Crippen LogP contribution in [-0.4, -0.2) is 15.3 Å². The number of aromatic nitrogens is 2. The normalized spacial score (nSPS) is 10.6. The highest BCUT2D eigenvalue weighted by atomic mass is 19.1. The summed E-state index contributed by atoms with van der Waals surface area (Å²) in [6.45, 7) is 1.70. The SMILES string of the molecule is CCc1nnc(COc2ccc(CO)cc2F)o1. The van der Waals surface area contributed by atoms with Gasteiger partial charge in [0.1, 0.15) is 0 Å². The van der Waals surface area contributed by atoms with Gasteiger partial charge in [-0.25, -0.2) is 4.39 Å². The first-order valence-corrected chi connectivity index (χ1v) is 5.56. The Balaban J connectivity index is 2.01. The van der Waals surface area contributed by atoms with E-state index in [4.69, 9.17) is 14.3 Å². The summed E-state index contributed by atoms with van der Waals surface area (Å²) in [6, 6.07) is 4.27. The number of hydrogen-bond donors (Lipinski definition) is 1. The summed E-state index contributed by atoms with van der Waals surface area (Å²) in [7, 11) is 0. The Morgan fingerprint density at radius 1 is 1.33 bits per heavy atom. The van der Waals surface area contributed by atoms with Gasteiger partial charge in [-0.1, -0.05) is 13.0 Å². The molecule has 0 atom stereocenters. The number of rotatable bonds is 5. The Bertz CT molecular complexity index is 528. The summed E-state index contributed by atoms with van der Waals surface area (Å²) < 4.78 is 24.0. The molecule has 0 spiro atoms. The van der Waals surface area contributed by atoms with E-state index in [0.29, 0.717) is 23.8 Å². The molecule has 1 N–H and O–H groups in total. The van der Waals surface area contributed by atoms with Crippen molar-refractivity contribution in [3.05, 3.63) is 41.4 Å². The van der Waals surface area contributed by atoms with Crippen molar-refractivity contribution in [2.24, 2.45) is 0 Å². The third-order valence-electron chi connectivity index (χ3n) is 2.34. The summed E-state index contributed by atoms with van der Waals surface area (Å²) in [5.41, 5.74) is 0.492. The number of nitrogens with zero attached hydrogens (tertiary/aromatic N) is 2. The molecule has 5 nitrogen and oxygen atoms in total. The number of benzene rings is 1. The van der Waals surface area contributed by atoms with E-state index in [9.17, 15) is 4.39 Å². The van der Waals surface area contributed by atoms with Crippen molar-refractivity contribution >= 4 is 0 Å². The number of hydrogen-bond acceptors (Lipinski definition) is 5. The van der Waals surface area contributed by atoms with E-state index in [1.165, 1.54) is 12.1 Å². The van der Waals surface area contributed by atoms with Gasteiger partial charge in [-0.2, -0.15) is 0 Å². The molecule has 2 aromatic rings. The zero-order valence-corrected chi connectivity index (χ0v) is 9.89. The summed E-state index contributed by atoms with van der Waals surface area (Å²) >= 11 is 0. The molecule has 18 heavy (non-hydrogen) atoms. The van der Waals surface area contributed by atoms with Gasteiger partial charge in [0.25, 0.3) is 5.89 Å². The van der Waals surface area contributed by atoms with Crippen molar-refractivity contribution in [2.75, 3.05) is 0 Å². The zero-order chi connectivity index (χ0) is 13.0. The lowest BCUT2D eigenvalue weighted by molar-refractivity contribution is 0.247. The minimum atomic E-state index is -0.531.